The van der Waals surface area contributed by atoms with Gasteiger partial charge in [-0.2, -0.15) is 0 Å². The van der Waals surface area contributed by atoms with Crippen molar-refractivity contribution in [3.8, 4) is 0 Å². The van der Waals surface area contributed by atoms with E-state index in [-0.39, 0.29) is 0 Å². The number of rotatable bonds is 0. The summed E-state index contributed by atoms with van der Waals surface area (Å²) in [6, 6.07) is 6.24. The molecule has 0 unspecified atom stereocenters. The smallest absolute Gasteiger partial charge is 0.147 e. The lowest BCUT2D eigenvalue weighted by Crippen LogP contribution is -1.91. The molecule has 0 radical (unpaired) electrons. The van der Waals surface area contributed by atoms with Crippen LogP contribution in [0.5, 0.6) is 0 Å². The summed E-state index contributed by atoms with van der Waals surface area (Å²) in [7, 11) is 0. The largest absolute Gasteiger partial charge is 0.287 e. The first-order valence-corrected chi connectivity index (χ1v) is 4.95. The van der Waals surface area contributed by atoms with Gasteiger partial charge >= 0.3 is 0 Å². The van der Waals surface area contributed by atoms with E-state index in [1.54, 1.807) is 0 Å². The highest BCUT2D eigenvalue weighted by molar-refractivity contribution is 5.91. The van der Waals surface area contributed by atoms with Gasteiger partial charge in [-0.05, 0) is 26.0 Å². The Hall–Kier alpha value is -1.90. The molecular weight excluding hydrogens is 186 g/mol. The highest BCUT2D eigenvalue weighted by Gasteiger charge is 2.04. The molecular formula is C12H11N3. The summed E-state index contributed by atoms with van der Waals surface area (Å²) < 4.78 is 2.02. The highest BCUT2D eigenvalue weighted by Crippen LogP contribution is 2.19. The summed E-state index contributed by atoms with van der Waals surface area (Å²) >= 11 is 0. The minimum absolute atomic E-state index is 0.987. The fourth-order valence-corrected chi connectivity index (χ4v) is 1.85. The second kappa shape index (κ2) is 2.79. The van der Waals surface area contributed by atoms with Crippen LogP contribution in [0.3, 0.4) is 0 Å². The first kappa shape index (κ1) is 8.41. The van der Waals surface area contributed by atoms with Crippen molar-refractivity contribution >= 4 is 16.6 Å². The lowest BCUT2D eigenvalue weighted by molar-refractivity contribution is 1.06. The molecule has 3 heteroatoms. The summed E-state index contributed by atoms with van der Waals surface area (Å²) in [6.07, 6.45) is 3.70. The molecule has 0 atom stereocenters. The van der Waals surface area contributed by atoms with Gasteiger partial charge in [0.15, 0.2) is 0 Å². The first-order valence-electron chi connectivity index (χ1n) is 4.95. The molecule has 74 valence electrons. The molecule has 0 amide bonds. The Balaban J connectivity index is 2.57. The monoisotopic (exact) mass is 197 g/mol. The molecule has 0 aliphatic carbocycles. The number of fused-ring (bicyclic) bond motifs is 3. The number of aromatic nitrogens is 3. The number of aryl methyl sites for hydroxylation is 2. The van der Waals surface area contributed by atoms with Crippen molar-refractivity contribution in [1.29, 1.82) is 0 Å². The van der Waals surface area contributed by atoms with Gasteiger partial charge in [-0.3, -0.25) is 4.40 Å². The Morgan fingerprint density at radius 1 is 1.13 bits per heavy atom. The van der Waals surface area contributed by atoms with Crippen LogP contribution in [0.2, 0.25) is 0 Å². The van der Waals surface area contributed by atoms with Gasteiger partial charge in [0.1, 0.15) is 12.0 Å². The Kier molecular flexibility index (Phi) is 1.57. The van der Waals surface area contributed by atoms with Gasteiger partial charge < -0.3 is 0 Å². The van der Waals surface area contributed by atoms with Crippen LogP contribution in [0.25, 0.3) is 16.6 Å². The van der Waals surface area contributed by atoms with Gasteiger partial charge in [-0.15, -0.1) is 0 Å². The first-order chi connectivity index (χ1) is 7.25. The summed E-state index contributed by atoms with van der Waals surface area (Å²) in [5.74, 6) is 0. The lowest BCUT2D eigenvalue weighted by atomic mass is 10.2. The quantitative estimate of drug-likeness (QED) is 0.554. The Morgan fingerprint density at radius 3 is 2.87 bits per heavy atom. The van der Waals surface area contributed by atoms with E-state index in [2.05, 4.69) is 29.0 Å². The summed E-state index contributed by atoms with van der Waals surface area (Å²) in [4.78, 5) is 8.82. The topological polar surface area (TPSA) is 30.2 Å². The molecule has 0 aliphatic heterocycles. The van der Waals surface area contributed by atoms with Crippen LogP contribution in [-0.2, 0) is 0 Å². The molecule has 2 aromatic heterocycles. The van der Waals surface area contributed by atoms with Gasteiger partial charge in [0.25, 0.3) is 0 Å². The zero-order valence-corrected chi connectivity index (χ0v) is 8.73. The van der Waals surface area contributed by atoms with Crippen molar-refractivity contribution in [2.24, 2.45) is 0 Å². The number of imidazole rings is 1. The van der Waals surface area contributed by atoms with Crippen molar-refractivity contribution in [2.45, 2.75) is 13.8 Å². The van der Waals surface area contributed by atoms with Crippen molar-refractivity contribution in [2.75, 3.05) is 0 Å². The maximum absolute atomic E-state index is 4.41. The Morgan fingerprint density at radius 2 is 2.00 bits per heavy atom. The summed E-state index contributed by atoms with van der Waals surface area (Å²) in [5, 5.41) is 1.12. The van der Waals surface area contributed by atoms with E-state index in [1.165, 1.54) is 5.56 Å². The van der Waals surface area contributed by atoms with Gasteiger partial charge in [-0.25, -0.2) is 9.97 Å². The van der Waals surface area contributed by atoms with Crippen LogP contribution < -0.4 is 0 Å². The van der Waals surface area contributed by atoms with E-state index in [0.29, 0.717) is 0 Å². The number of benzene rings is 1. The average molecular weight is 197 g/mol. The predicted molar refractivity (Wildman–Crippen MR) is 60.0 cm³/mol. The minimum atomic E-state index is 0.987. The number of nitrogens with zero attached hydrogens (tertiary/aromatic N) is 3. The molecule has 0 aliphatic rings. The van der Waals surface area contributed by atoms with Crippen LogP contribution in [0.15, 0.2) is 30.7 Å². The zero-order valence-electron chi connectivity index (χ0n) is 8.73. The molecule has 1 aromatic carbocycles. The van der Waals surface area contributed by atoms with Crippen LogP contribution in [0, 0.1) is 13.8 Å². The normalized spacial score (nSPS) is 11.3. The van der Waals surface area contributed by atoms with E-state index in [1.807, 2.05) is 29.9 Å². The third kappa shape index (κ3) is 1.13. The van der Waals surface area contributed by atoms with E-state index < -0.39 is 0 Å². The van der Waals surface area contributed by atoms with Crippen molar-refractivity contribution < 1.29 is 0 Å². The van der Waals surface area contributed by atoms with Crippen LogP contribution in [0.1, 0.15) is 11.3 Å². The number of hydrogen-bond acceptors (Lipinski definition) is 2. The van der Waals surface area contributed by atoms with Gasteiger partial charge in [-0.1, -0.05) is 11.6 Å². The van der Waals surface area contributed by atoms with E-state index in [4.69, 9.17) is 0 Å². The summed E-state index contributed by atoms with van der Waals surface area (Å²) in [6.45, 7) is 4.11. The molecule has 0 spiro atoms. The fraction of sp³-hybridized carbons (Fsp3) is 0.167. The molecule has 15 heavy (non-hydrogen) atoms. The fourth-order valence-electron chi connectivity index (χ4n) is 1.85. The second-order valence-electron chi connectivity index (χ2n) is 3.86. The van der Waals surface area contributed by atoms with E-state index in [9.17, 15) is 0 Å². The average Bonchev–Trinajstić information content (AvgIpc) is 2.61. The molecule has 3 nitrogen and oxygen atoms in total. The molecule has 0 fully saturated rings. The molecule has 3 rings (SSSR count). The standard InChI is InChI=1S/C12H11N3/c1-8-3-4-11-10(5-8)12-13-6-9(2)15(12)7-14-11/h3-7H,1-2H3. The summed E-state index contributed by atoms with van der Waals surface area (Å²) in [5.41, 5.74) is 4.33. The lowest BCUT2D eigenvalue weighted by Gasteiger charge is -2.01. The zero-order chi connectivity index (χ0) is 10.4. The maximum Gasteiger partial charge on any atom is 0.147 e. The molecule has 0 saturated heterocycles. The van der Waals surface area contributed by atoms with Crippen molar-refractivity contribution in [3.63, 3.8) is 0 Å². The minimum Gasteiger partial charge on any atom is -0.287 e. The van der Waals surface area contributed by atoms with Crippen molar-refractivity contribution in [1.82, 2.24) is 14.4 Å². The third-order valence-corrected chi connectivity index (χ3v) is 2.69. The maximum atomic E-state index is 4.41. The Labute approximate surface area is 87.4 Å². The van der Waals surface area contributed by atoms with Crippen LogP contribution in [-0.4, -0.2) is 14.4 Å². The molecule has 0 saturated carbocycles. The van der Waals surface area contributed by atoms with Gasteiger partial charge in [0.2, 0.25) is 0 Å². The highest BCUT2D eigenvalue weighted by atomic mass is 15.0. The predicted octanol–water partition coefficient (Wildman–Crippen LogP) is 2.50. The van der Waals surface area contributed by atoms with Gasteiger partial charge in [0, 0.05) is 17.3 Å². The third-order valence-electron chi connectivity index (χ3n) is 2.69. The molecule has 0 N–H and O–H groups in total. The molecule has 0 bridgehead atoms. The van der Waals surface area contributed by atoms with Gasteiger partial charge in [0.05, 0.1) is 5.52 Å². The SMILES string of the molecule is Cc1ccc2ncn3c(C)cnc3c2c1. The number of hydrogen-bond donors (Lipinski definition) is 0. The Bertz CT molecular complexity index is 652. The van der Waals surface area contributed by atoms with E-state index >= 15 is 0 Å². The second-order valence-corrected chi connectivity index (χ2v) is 3.86. The van der Waals surface area contributed by atoms with Crippen LogP contribution >= 0.6 is 0 Å². The molecule has 3 aromatic rings. The van der Waals surface area contributed by atoms with Crippen molar-refractivity contribution in [3.05, 3.63) is 42.0 Å². The van der Waals surface area contributed by atoms with E-state index in [0.717, 1.165) is 22.2 Å². The molecule has 2 heterocycles. The van der Waals surface area contributed by atoms with Crippen LogP contribution in [0.4, 0.5) is 0 Å².